The number of phenolic OH excluding ortho intramolecular Hbond substituents is 1. The molecule has 6 nitrogen and oxygen atoms in total. The maximum absolute atomic E-state index is 13.8. The maximum atomic E-state index is 13.8. The molecular formula is C24H27NO5. The summed E-state index contributed by atoms with van der Waals surface area (Å²) >= 11 is 0. The molecule has 0 amide bonds. The smallest absolute Gasteiger partial charge is 0.200 e. The second-order valence-electron chi connectivity index (χ2n) is 9.44. The van der Waals surface area contributed by atoms with Gasteiger partial charge in [0.2, 0.25) is 0 Å². The van der Waals surface area contributed by atoms with Gasteiger partial charge in [0.1, 0.15) is 17.1 Å². The SMILES string of the molecule is CC(C)=CC[C@@]12OC[C@@H]3[C@@H](CN(C)C)[C@@H](C=C4C(=O)c5c(O)cccc5O[C@]431)C2=O. The van der Waals surface area contributed by atoms with E-state index < -0.39 is 17.1 Å². The van der Waals surface area contributed by atoms with Gasteiger partial charge in [-0.1, -0.05) is 23.8 Å². The van der Waals surface area contributed by atoms with Gasteiger partial charge in [0.15, 0.2) is 22.8 Å². The first-order valence-electron chi connectivity index (χ1n) is 10.5. The standard InChI is InChI=1S/C24H27NO5/c1-13(2)8-9-23-22(28)14-10-16-21(27)20-18(26)6-5-7-19(20)30-24(16,23)17(12-29-23)15(14)11-25(3)4/h5-8,10,14-15,17,26H,9,11-12H2,1-4H3/t14-,15+,17-,23+,24-/m1/s1. The van der Waals surface area contributed by atoms with Crippen LogP contribution < -0.4 is 4.74 Å². The molecule has 1 spiro atoms. The van der Waals surface area contributed by atoms with Crippen LogP contribution in [0.15, 0.2) is 41.5 Å². The van der Waals surface area contributed by atoms with Crippen molar-refractivity contribution in [2.75, 3.05) is 27.2 Å². The number of rotatable bonds is 4. The van der Waals surface area contributed by atoms with Gasteiger partial charge in [0.05, 0.1) is 6.61 Å². The van der Waals surface area contributed by atoms with Crippen LogP contribution in [0.1, 0.15) is 30.6 Å². The summed E-state index contributed by atoms with van der Waals surface area (Å²) in [5, 5.41) is 10.4. The van der Waals surface area contributed by atoms with Crippen molar-refractivity contribution >= 4 is 11.6 Å². The zero-order valence-corrected chi connectivity index (χ0v) is 17.8. The predicted molar refractivity (Wildman–Crippen MR) is 111 cm³/mol. The van der Waals surface area contributed by atoms with Crippen LogP contribution in [0, 0.1) is 17.8 Å². The summed E-state index contributed by atoms with van der Waals surface area (Å²) in [4.78, 5) is 29.5. The van der Waals surface area contributed by atoms with E-state index in [0.717, 1.165) is 5.57 Å². The quantitative estimate of drug-likeness (QED) is 0.771. The van der Waals surface area contributed by atoms with E-state index in [0.29, 0.717) is 30.9 Å². The van der Waals surface area contributed by atoms with Crippen LogP contribution in [0.4, 0.5) is 0 Å². The summed E-state index contributed by atoms with van der Waals surface area (Å²) in [5.41, 5.74) is -0.650. The lowest BCUT2D eigenvalue weighted by Crippen LogP contribution is -2.74. The lowest BCUT2D eigenvalue weighted by Gasteiger charge is -2.58. The van der Waals surface area contributed by atoms with E-state index in [1.54, 1.807) is 18.2 Å². The second kappa shape index (κ2) is 6.28. The largest absolute Gasteiger partial charge is 0.507 e. The van der Waals surface area contributed by atoms with E-state index >= 15 is 0 Å². The minimum atomic E-state index is -1.22. The van der Waals surface area contributed by atoms with E-state index in [9.17, 15) is 14.7 Å². The van der Waals surface area contributed by atoms with Gasteiger partial charge < -0.3 is 19.5 Å². The fourth-order valence-corrected chi connectivity index (χ4v) is 5.99. The average molecular weight is 409 g/mol. The predicted octanol–water partition coefficient (Wildman–Crippen LogP) is 2.76. The molecule has 1 saturated heterocycles. The highest BCUT2D eigenvalue weighted by atomic mass is 16.6. The molecule has 0 radical (unpaired) electrons. The number of fused-ring (bicyclic) bond motifs is 1. The zero-order chi connectivity index (χ0) is 21.4. The van der Waals surface area contributed by atoms with Crippen LogP contribution in [-0.4, -0.2) is 60.0 Å². The Morgan fingerprint density at radius 2 is 2.07 bits per heavy atom. The molecule has 1 N–H and O–H groups in total. The third kappa shape index (κ3) is 2.21. The molecule has 6 heteroatoms. The Balaban J connectivity index is 1.76. The van der Waals surface area contributed by atoms with E-state index in [-0.39, 0.29) is 34.7 Å². The molecule has 5 atom stereocenters. The second-order valence-corrected chi connectivity index (χ2v) is 9.44. The number of benzene rings is 1. The molecule has 5 aliphatic rings. The monoisotopic (exact) mass is 409 g/mol. The molecule has 0 aromatic heterocycles. The number of nitrogens with zero attached hydrogens (tertiary/aromatic N) is 1. The third-order valence-electron chi connectivity index (χ3n) is 7.18. The number of hydrogen-bond donors (Lipinski definition) is 1. The van der Waals surface area contributed by atoms with Crippen LogP contribution in [-0.2, 0) is 9.53 Å². The Morgan fingerprint density at radius 3 is 2.77 bits per heavy atom. The fourth-order valence-electron chi connectivity index (χ4n) is 5.99. The van der Waals surface area contributed by atoms with E-state index in [4.69, 9.17) is 9.47 Å². The van der Waals surface area contributed by atoms with Crippen molar-refractivity contribution in [3.8, 4) is 11.5 Å². The number of aromatic hydroxyl groups is 1. The zero-order valence-electron chi connectivity index (χ0n) is 17.8. The van der Waals surface area contributed by atoms with Gasteiger partial charge in [0, 0.05) is 30.4 Å². The van der Waals surface area contributed by atoms with Crippen molar-refractivity contribution in [3.63, 3.8) is 0 Å². The molecule has 2 fully saturated rings. The minimum Gasteiger partial charge on any atom is -0.507 e. The lowest BCUT2D eigenvalue weighted by atomic mass is 9.49. The highest BCUT2D eigenvalue weighted by Crippen LogP contribution is 2.65. The van der Waals surface area contributed by atoms with Gasteiger partial charge in [-0.3, -0.25) is 9.59 Å². The van der Waals surface area contributed by atoms with Crippen LogP contribution in [0.5, 0.6) is 11.5 Å². The van der Waals surface area contributed by atoms with Crippen molar-refractivity contribution in [3.05, 3.63) is 47.1 Å². The van der Waals surface area contributed by atoms with Crippen LogP contribution in [0.2, 0.25) is 0 Å². The topological polar surface area (TPSA) is 76.1 Å². The molecule has 30 heavy (non-hydrogen) atoms. The third-order valence-corrected chi connectivity index (χ3v) is 7.18. The van der Waals surface area contributed by atoms with Gasteiger partial charge in [-0.15, -0.1) is 0 Å². The molecule has 0 unspecified atom stereocenters. The van der Waals surface area contributed by atoms with E-state index in [1.807, 2.05) is 34.0 Å². The molecule has 6 rings (SSSR count). The molecule has 4 bridgehead atoms. The molecule has 1 saturated carbocycles. The molecule has 3 aliphatic carbocycles. The number of hydrogen-bond acceptors (Lipinski definition) is 6. The first kappa shape index (κ1) is 19.5. The number of phenols is 1. The van der Waals surface area contributed by atoms with Crippen LogP contribution in [0.3, 0.4) is 0 Å². The maximum Gasteiger partial charge on any atom is 0.200 e. The van der Waals surface area contributed by atoms with Crippen molar-refractivity contribution in [2.24, 2.45) is 17.8 Å². The normalized spacial score (nSPS) is 35.6. The summed E-state index contributed by atoms with van der Waals surface area (Å²) in [6, 6.07) is 4.84. The van der Waals surface area contributed by atoms with E-state index in [1.165, 1.54) is 6.07 Å². The average Bonchev–Trinajstić information content (AvgIpc) is 2.96. The Labute approximate surface area is 176 Å². The minimum absolute atomic E-state index is 0.000697. The fraction of sp³-hybridized carbons (Fsp3) is 0.500. The Bertz CT molecular complexity index is 1020. The van der Waals surface area contributed by atoms with Crippen molar-refractivity contribution in [2.45, 2.75) is 31.5 Å². The molecule has 2 aliphatic heterocycles. The number of allylic oxidation sites excluding steroid dienone is 2. The van der Waals surface area contributed by atoms with Gasteiger partial charge in [-0.25, -0.2) is 0 Å². The highest BCUT2D eigenvalue weighted by molar-refractivity contribution is 6.18. The van der Waals surface area contributed by atoms with E-state index in [2.05, 4.69) is 4.90 Å². The van der Waals surface area contributed by atoms with Crippen LogP contribution >= 0.6 is 0 Å². The van der Waals surface area contributed by atoms with Gasteiger partial charge in [-0.2, -0.15) is 0 Å². The lowest BCUT2D eigenvalue weighted by molar-refractivity contribution is -0.170. The highest BCUT2D eigenvalue weighted by Gasteiger charge is 2.79. The molecule has 1 aromatic rings. The summed E-state index contributed by atoms with van der Waals surface area (Å²) in [6.07, 6.45) is 4.18. The molecule has 158 valence electrons. The number of ketones is 2. The summed E-state index contributed by atoms with van der Waals surface area (Å²) < 4.78 is 13.0. The Morgan fingerprint density at radius 1 is 1.30 bits per heavy atom. The van der Waals surface area contributed by atoms with Gasteiger partial charge in [0.25, 0.3) is 0 Å². The first-order valence-corrected chi connectivity index (χ1v) is 10.5. The molecule has 1 aromatic carbocycles. The van der Waals surface area contributed by atoms with Gasteiger partial charge in [-0.05, 0) is 46.0 Å². The molecule has 2 heterocycles. The van der Waals surface area contributed by atoms with Crippen molar-refractivity contribution < 1.29 is 24.2 Å². The van der Waals surface area contributed by atoms with Gasteiger partial charge >= 0.3 is 0 Å². The Kier molecular flexibility index (Phi) is 4.09. The Hall–Kier alpha value is -2.44. The number of carbonyl (C=O) groups is 2. The van der Waals surface area contributed by atoms with Crippen molar-refractivity contribution in [1.82, 2.24) is 4.90 Å². The summed E-state index contributed by atoms with van der Waals surface area (Å²) in [5.74, 6) is -0.545. The van der Waals surface area contributed by atoms with Crippen LogP contribution in [0.25, 0.3) is 0 Å². The molecular weight excluding hydrogens is 382 g/mol. The summed E-state index contributed by atoms with van der Waals surface area (Å²) in [6.45, 7) is 5.05. The first-order chi connectivity index (χ1) is 14.2. The van der Waals surface area contributed by atoms with Crippen molar-refractivity contribution in [1.29, 1.82) is 0 Å². The number of carbonyl (C=O) groups excluding carboxylic acids is 2. The number of Topliss-reactive ketones (excluding diaryl/α,β-unsaturated/α-hetero) is 2. The number of ether oxygens (including phenoxy) is 2. The summed E-state index contributed by atoms with van der Waals surface area (Å²) in [7, 11) is 3.98.